The molecular formula is C17H17Br. The van der Waals surface area contributed by atoms with Crippen molar-refractivity contribution < 1.29 is 0 Å². The van der Waals surface area contributed by atoms with Gasteiger partial charge in [-0.3, -0.25) is 0 Å². The van der Waals surface area contributed by atoms with E-state index in [1.807, 2.05) is 0 Å². The Morgan fingerprint density at radius 2 is 1.78 bits per heavy atom. The molecule has 0 aliphatic heterocycles. The van der Waals surface area contributed by atoms with Crippen LogP contribution in [0, 0.1) is 5.92 Å². The van der Waals surface area contributed by atoms with Gasteiger partial charge < -0.3 is 0 Å². The molecule has 18 heavy (non-hydrogen) atoms. The van der Waals surface area contributed by atoms with E-state index < -0.39 is 0 Å². The topological polar surface area (TPSA) is 0 Å². The smallest absolute Gasteiger partial charge is 0.0177 e. The minimum absolute atomic E-state index is 0.769. The zero-order valence-corrected chi connectivity index (χ0v) is 11.9. The standard InChI is InChI=1S/C17H17Br/c18-16-8-4-5-13(12-16)11-15-9-10-17(15)14-6-2-1-3-7-14/h1-8,12,15,17H,9-11H2. The van der Waals surface area contributed by atoms with Crippen molar-refractivity contribution in [2.45, 2.75) is 25.2 Å². The van der Waals surface area contributed by atoms with Crippen molar-refractivity contribution in [3.05, 3.63) is 70.2 Å². The maximum Gasteiger partial charge on any atom is 0.0177 e. The summed E-state index contributed by atoms with van der Waals surface area (Å²) in [6.07, 6.45) is 3.92. The highest BCUT2D eigenvalue weighted by atomic mass is 79.9. The molecular weight excluding hydrogens is 284 g/mol. The first-order chi connectivity index (χ1) is 8.83. The summed E-state index contributed by atoms with van der Waals surface area (Å²) in [6, 6.07) is 19.7. The van der Waals surface area contributed by atoms with Crippen LogP contribution in [0.4, 0.5) is 0 Å². The van der Waals surface area contributed by atoms with Crippen molar-refractivity contribution >= 4 is 15.9 Å². The summed E-state index contributed by atoms with van der Waals surface area (Å²) in [5.41, 5.74) is 2.97. The molecule has 3 rings (SSSR count). The first-order valence-corrected chi connectivity index (χ1v) is 7.41. The van der Waals surface area contributed by atoms with Gasteiger partial charge in [-0.05, 0) is 54.4 Å². The van der Waals surface area contributed by atoms with Gasteiger partial charge in [-0.2, -0.15) is 0 Å². The predicted molar refractivity (Wildman–Crippen MR) is 79.8 cm³/mol. The van der Waals surface area contributed by atoms with Crippen molar-refractivity contribution in [1.82, 2.24) is 0 Å². The second-order valence-electron chi connectivity index (χ2n) is 5.19. The van der Waals surface area contributed by atoms with Gasteiger partial charge >= 0.3 is 0 Å². The van der Waals surface area contributed by atoms with Crippen LogP contribution >= 0.6 is 15.9 Å². The van der Waals surface area contributed by atoms with Crippen molar-refractivity contribution in [2.24, 2.45) is 5.92 Å². The molecule has 1 heteroatoms. The van der Waals surface area contributed by atoms with Gasteiger partial charge in [0.25, 0.3) is 0 Å². The highest BCUT2D eigenvalue weighted by molar-refractivity contribution is 9.10. The Bertz CT molecular complexity index is 518. The summed E-state index contributed by atoms with van der Waals surface area (Å²) in [6.45, 7) is 0. The summed E-state index contributed by atoms with van der Waals surface area (Å²) in [7, 11) is 0. The van der Waals surface area contributed by atoms with Crippen LogP contribution in [0.2, 0.25) is 0 Å². The average Bonchev–Trinajstić information content (AvgIpc) is 2.36. The van der Waals surface area contributed by atoms with Gasteiger partial charge in [0.2, 0.25) is 0 Å². The Balaban J connectivity index is 1.71. The van der Waals surface area contributed by atoms with E-state index in [-0.39, 0.29) is 0 Å². The van der Waals surface area contributed by atoms with Crippen LogP contribution in [-0.2, 0) is 6.42 Å². The van der Waals surface area contributed by atoms with E-state index >= 15 is 0 Å². The lowest BCUT2D eigenvalue weighted by atomic mass is 9.67. The first-order valence-electron chi connectivity index (χ1n) is 6.62. The zero-order chi connectivity index (χ0) is 12.4. The van der Waals surface area contributed by atoms with Crippen LogP contribution in [0.15, 0.2) is 59.1 Å². The maximum atomic E-state index is 3.55. The van der Waals surface area contributed by atoms with Crippen molar-refractivity contribution in [1.29, 1.82) is 0 Å². The van der Waals surface area contributed by atoms with Gasteiger partial charge in [0.15, 0.2) is 0 Å². The summed E-state index contributed by atoms with van der Waals surface area (Å²) >= 11 is 3.55. The molecule has 0 saturated heterocycles. The Kier molecular flexibility index (Phi) is 3.51. The van der Waals surface area contributed by atoms with E-state index in [4.69, 9.17) is 0 Å². The van der Waals surface area contributed by atoms with Crippen molar-refractivity contribution in [2.75, 3.05) is 0 Å². The van der Waals surface area contributed by atoms with Crippen molar-refractivity contribution in [3.8, 4) is 0 Å². The quantitative estimate of drug-likeness (QED) is 0.732. The van der Waals surface area contributed by atoms with E-state index in [9.17, 15) is 0 Å². The van der Waals surface area contributed by atoms with Crippen molar-refractivity contribution in [3.63, 3.8) is 0 Å². The first kappa shape index (κ1) is 12.0. The Labute approximate surface area is 117 Å². The molecule has 0 radical (unpaired) electrons. The molecule has 1 saturated carbocycles. The predicted octanol–water partition coefficient (Wildman–Crippen LogP) is 5.19. The number of rotatable bonds is 3. The third-order valence-electron chi connectivity index (χ3n) is 4.03. The maximum absolute atomic E-state index is 3.55. The Morgan fingerprint density at radius 3 is 2.44 bits per heavy atom. The molecule has 1 fully saturated rings. The lowest BCUT2D eigenvalue weighted by Gasteiger charge is -2.37. The van der Waals surface area contributed by atoms with E-state index in [0.717, 1.165) is 11.8 Å². The molecule has 2 unspecified atom stereocenters. The molecule has 92 valence electrons. The van der Waals surface area contributed by atoms with Gasteiger partial charge in [-0.25, -0.2) is 0 Å². The van der Waals surface area contributed by atoms with Crippen LogP contribution in [-0.4, -0.2) is 0 Å². The van der Waals surface area contributed by atoms with Gasteiger partial charge in [0.1, 0.15) is 0 Å². The molecule has 0 bridgehead atoms. The fourth-order valence-corrected chi connectivity index (χ4v) is 3.37. The van der Waals surface area contributed by atoms with E-state index in [1.54, 1.807) is 0 Å². The number of hydrogen-bond acceptors (Lipinski definition) is 0. The lowest BCUT2D eigenvalue weighted by Crippen LogP contribution is -2.25. The summed E-state index contributed by atoms with van der Waals surface area (Å²) in [5.74, 6) is 1.59. The van der Waals surface area contributed by atoms with E-state index in [2.05, 4.69) is 70.5 Å². The third-order valence-corrected chi connectivity index (χ3v) is 4.53. The molecule has 2 aromatic carbocycles. The molecule has 0 heterocycles. The fourth-order valence-electron chi connectivity index (χ4n) is 2.92. The molecule has 0 nitrogen and oxygen atoms in total. The number of halogens is 1. The molecule has 1 aliphatic rings. The highest BCUT2D eigenvalue weighted by Crippen LogP contribution is 2.44. The number of hydrogen-bond donors (Lipinski definition) is 0. The zero-order valence-electron chi connectivity index (χ0n) is 10.4. The second kappa shape index (κ2) is 5.27. The fraction of sp³-hybridized carbons (Fsp3) is 0.294. The van der Waals surface area contributed by atoms with Crippen LogP contribution in [0.25, 0.3) is 0 Å². The molecule has 0 aromatic heterocycles. The highest BCUT2D eigenvalue weighted by Gasteiger charge is 2.31. The third kappa shape index (κ3) is 2.51. The van der Waals surface area contributed by atoms with E-state index in [0.29, 0.717) is 0 Å². The molecule has 2 atom stereocenters. The average molecular weight is 301 g/mol. The molecule has 1 aliphatic carbocycles. The van der Waals surface area contributed by atoms with Crippen LogP contribution < -0.4 is 0 Å². The Hall–Kier alpha value is -1.08. The van der Waals surface area contributed by atoms with Crippen LogP contribution in [0.1, 0.15) is 29.9 Å². The molecule has 0 N–H and O–H groups in total. The Morgan fingerprint density at radius 1 is 0.944 bits per heavy atom. The van der Waals surface area contributed by atoms with Gasteiger partial charge in [-0.1, -0.05) is 58.4 Å². The van der Waals surface area contributed by atoms with Gasteiger partial charge in [0.05, 0.1) is 0 Å². The minimum Gasteiger partial charge on any atom is -0.0622 e. The molecule has 0 spiro atoms. The lowest BCUT2D eigenvalue weighted by molar-refractivity contribution is 0.253. The number of benzene rings is 2. The monoisotopic (exact) mass is 300 g/mol. The SMILES string of the molecule is Brc1cccc(CC2CCC2c2ccccc2)c1. The van der Waals surface area contributed by atoms with Gasteiger partial charge in [0, 0.05) is 4.47 Å². The largest absolute Gasteiger partial charge is 0.0622 e. The van der Waals surface area contributed by atoms with Crippen LogP contribution in [0.3, 0.4) is 0 Å². The van der Waals surface area contributed by atoms with E-state index in [1.165, 1.54) is 34.9 Å². The minimum atomic E-state index is 0.769. The second-order valence-corrected chi connectivity index (χ2v) is 6.10. The molecule has 2 aromatic rings. The molecule has 0 amide bonds. The van der Waals surface area contributed by atoms with Gasteiger partial charge in [-0.15, -0.1) is 0 Å². The summed E-state index contributed by atoms with van der Waals surface area (Å²) in [5, 5.41) is 0. The summed E-state index contributed by atoms with van der Waals surface area (Å²) in [4.78, 5) is 0. The summed E-state index contributed by atoms with van der Waals surface area (Å²) < 4.78 is 1.19. The normalized spacial score (nSPS) is 22.5. The van der Waals surface area contributed by atoms with Crippen LogP contribution in [0.5, 0.6) is 0 Å².